The lowest BCUT2D eigenvalue weighted by molar-refractivity contribution is -0.714. The summed E-state index contributed by atoms with van der Waals surface area (Å²) in [5.74, 6) is -0.364. The summed E-state index contributed by atoms with van der Waals surface area (Å²) in [6.45, 7) is 11.4. The Morgan fingerprint density at radius 2 is 0.849 bits per heavy atom. The number of hydrogen-bond acceptors (Lipinski definition) is 4. The van der Waals surface area contributed by atoms with Gasteiger partial charge in [-0.1, -0.05) is 168 Å². The number of aromatic nitrogens is 1. The topological polar surface area (TPSA) is 56.5 Å². The number of nitrogens with zero attached hydrogens (tertiary/aromatic N) is 1. The Hall–Kier alpha value is -2.13. The van der Waals surface area contributed by atoms with Gasteiger partial charge in [0.15, 0.2) is 24.0 Å². The summed E-state index contributed by atoms with van der Waals surface area (Å²) in [7, 11) is -6.00. The highest BCUT2D eigenvalue weighted by Gasteiger charge is 2.24. The Morgan fingerprint density at radius 3 is 1.19 bits per heavy atom. The number of pyridine rings is 1. The maximum absolute atomic E-state index is 12.9. The number of carbonyl (C=O) groups excluding carboxylic acids is 2. The number of rotatable bonds is 33. The SMILES string of the molecule is CCCCCCCCCCCCCCCC(=O)OCC(C[n+]1c(C)cc(C)cc1C)OC(=O)CCCCCCCCCCCCCCC.F[B-](F)(F)F. The molecule has 0 aliphatic heterocycles. The van der Waals surface area contributed by atoms with Crippen LogP contribution in [0.2, 0.25) is 0 Å². The Morgan fingerprint density at radius 1 is 0.547 bits per heavy atom. The monoisotopic (exact) mass is 760 g/mol. The van der Waals surface area contributed by atoms with E-state index in [0.29, 0.717) is 19.4 Å². The molecule has 1 rings (SSSR count). The molecular weight excluding hydrogens is 681 g/mol. The van der Waals surface area contributed by atoms with E-state index in [4.69, 9.17) is 9.47 Å². The van der Waals surface area contributed by atoms with Crippen molar-refractivity contribution in [3.8, 4) is 0 Å². The van der Waals surface area contributed by atoms with E-state index in [1.165, 1.54) is 147 Å². The van der Waals surface area contributed by atoms with Crippen LogP contribution in [0.25, 0.3) is 0 Å². The van der Waals surface area contributed by atoms with Crippen molar-refractivity contribution in [3.63, 3.8) is 0 Å². The molecule has 0 aliphatic carbocycles. The van der Waals surface area contributed by atoms with Gasteiger partial charge in [-0.15, -0.1) is 0 Å². The highest BCUT2D eigenvalue weighted by molar-refractivity contribution is 6.50. The van der Waals surface area contributed by atoms with Gasteiger partial charge in [0.2, 0.25) is 0 Å². The summed E-state index contributed by atoms with van der Waals surface area (Å²) >= 11 is 0. The molecule has 0 aromatic carbocycles. The summed E-state index contributed by atoms with van der Waals surface area (Å²) < 4.78 is 52.8. The second-order valence-electron chi connectivity index (χ2n) is 15.2. The molecule has 1 aromatic heterocycles. The smallest absolute Gasteiger partial charge is 0.461 e. The van der Waals surface area contributed by atoms with Crippen LogP contribution < -0.4 is 4.57 Å². The summed E-state index contributed by atoms with van der Waals surface area (Å²) in [5.41, 5.74) is 3.44. The molecule has 0 aliphatic rings. The van der Waals surface area contributed by atoms with Crippen molar-refractivity contribution < 1.29 is 40.9 Å². The van der Waals surface area contributed by atoms with Crippen LogP contribution in [0.4, 0.5) is 17.3 Å². The molecule has 0 N–H and O–H groups in total. The van der Waals surface area contributed by atoms with Gasteiger partial charge in [-0.25, -0.2) is 0 Å². The summed E-state index contributed by atoms with van der Waals surface area (Å²) in [4.78, 5) is 25.5. The van der Waals surface area contributed by atoms with Crippen LogP contribution in [0.5, 0.6) is 0 Å². The number of unbranched alkanes of at least 4 members (excludes halogenated alkanes) is 24. The Labute approximate surface area is 322 Å². The summed E-state index contributed by atoms with van der Waals surface area (Å²) in [5, 5.41) is 0. The van der Waals surface area contributed by atoms with E-state index in [0.717, 1.165) is 37.1 Å². The maximum atomic E-state index is 12.9. The van der Waals surface area contributed by atoms with Gasteiger partial charge in [0.25, 0.3) is 0 Å². The fourth-order valence-corrected chi connectivity index (χ4v) is 6.83. The fraction of sp³-hybridized carbons (Fsp3) is 0.837. The average Bonchev–Trinajstić information content (AvgIpc) is 3.08. The van der Waals surface area contributed by atoms with E-state index in [1.807, 2.05) is 0 Å². The van der Waals surface area contributed by atoms with Crippen LogP contribution in [0.15, 0.2) is 12.1 Å². The number of ether oxygens (including phenoxy) is 2. The molecule has 0 bridgehead atoms. The summed E-state index contributed by atoms with van der Waals surface area (Å²) in [6, 6.07) is 4.28. The normalized spacial score (nSPS) is 11.9. The van der Waals surface area contributed by atoms with Crippen LogP contribution in [-0.4, -0.2) is 31.9 Å². The second kappa shape index (κ2) is 34.4. The first-order valence-electron chi connectivity index (χ1n) is 21.6. The third-order valence-corrected chi connectivity index (χ3v) is 9.81. The molecule has 0 radical (unpaired) electrons. The zero-order valence-electron chi connectivity index (χ0n) is 34.6. The fourth-order valence-electron chi connectivity index (χ4n) is 6.83. The van der Waals surface area contributed by atoms with Crippen LogP contribution in [0.1, 0.15) is 211 Å². The van der Waals surface area contributed by atoms with E-state index >= 15 is 0 Å². The molecule has 5 nitrogen and oxygen atoms in total. The highest BCUT2D eigenvalue weighted by Crippen LogP contribution is 2.15. The number of hydrogen-bond donors (Lipinski definition) is 0. The van der Waals surface area contributed by atoms with Gasteiger partial charge in [0.1, 0.15) is 6.61 Å². The van der Waals surface area contributed by atoms with Crippen molar-refractivity contribution in [1.82, 2.24) is 0 Å². The van der Waals surface area contributed by atoms with Gasteiger partial charge < -0.3 is 26.7 Å². The van der Waals surface area contributed by atoms with Crippen LogP contribution >= 0.6 is 0 Å². The maximum Gasteiger partial charge on any atom is 0.673 e. The third-order valence-electron chi connectivity index (χ3n) is 9.81. The lowest BCUT2D eigenvalue weighted by Crippen LogP contribution is -2.48. The predicted molar refractivity (Wildman–Crippen MR) is 212 cm³/mol. The highest BCUT2D eigenvalue weighted by atomic mass is 19.5. The minimum Gasteiger partial charge on any atom is -0.461 e. The van der Waals surface area contributed by atoms with Crippen molar-refractivity contribution in [3.05, 3.63) is 29.1 Å². The Kier molecular flexibility index (Phi) is 33.0. The first kappa shape index (κ1) is 50.9. The molecule has 1 unspecified atom stereocenters. The van der Waals surface area contributed by atoms with Crippen molar-refractivity contribution in [2.45, 2.75) is 227 Å². The first-order valence-corrected chi connectivity index (χ1v) is 21.6. The lowest BCUT2D eigenvalue weighted by atomic mass is 10.0. The predicted octanol–water partition coefficient (Wildman–Crippen LogP) is 13.6. The zero-order chi connectivity index (χ0) is 39.6. The minimum atomic E-state index is -6.00. The van der Waals surface area contributed by atoms with Crippen molar-refractivity contribution in [1.29, 1.82) is 0 Å². The van der Waals surface area contributed by atoms with Crippen molar-refractivity contribution in [2.75, 3.05) is 6.61 Å². The van der Waals surface area contributed by atoms with E-state index < -0.39 is 13.4 Å². The van der Waals surface area contributed by atoms with Crippen LogP contribution in [0, 0.1) is 20.8 Å². The molecule has 10 heteroatoms. The van der Waals surface area contributed by atoms with Crippen molar-refractivity contribution in [2.24, 2.45) is 0 Å². The van der Waals surface area contributed by atoms with Crippen LogP contribution in [0.3, 0.4) is 0 Å². The molecule has 0 amide bonds. The lowest BCUT2D eigenvalue weighted by Gasteiger charge is -2.17. The van der Waals surface area contributed by atoms with Crippen LogP contribution in [-0.2, 0) is 25.6 Å². The molecule has 0 fully saturated rings. The van der Waals surface area contributed by atoms with E-state index in [1.54, 1.807) is 0 Å². The largest absolute Gasteiger partial charge is 0.673 e. The molecule has 1 atom stereocenters. The third kappa shape index (κ3) is 35.3. The van der Waals surface area contributed by atoms with Gasteiger partial charge in [-0.2, -0.15) is 4.57 Å². The standard InChI is InChI=1S/C43H78NO4.BF4/c1-6-8-10-12-14-16-18-20-22-24-26-28-30-32-42(45)47-37-41(36-44-39(4)34-38(3)35-40(44)5)48-43(46)33-31-29-27-25-23-21-19-17-15-13-11-9-7-2;2-1(3,4)5/h34-35,41H,6-33,36-37H2,1-5H3;/q+1;-1. The average molecular weight is 760 g/mol. The molecule has 1 heterocycles. The molecule has 310 valence electrons. The summed E-state index contributed by atoms with van der Waals surface area (Å²) in [6.07, 6.45) is 33.7. The first-order chi connectivity index (χ1) is 25.4. The quantitative estimate of drug-likeness (QED) is 0.0235. The Balaban J connectivity index is 0.00000504. The molecule has 0 saturated heterocycles. The second-order valence-corrected chi connectivity index (χ2v) is 15.2. The van der Waals surface area contributed by atoms with Gasteiger partial charge in [-0.05, 0) is 25.3 Å². The van der Waals surface area contributed by atoms with E-state index in [9.17, 15) is 26.9 Å². The molecule has 0 saturated carbocycles. The minimum absolute atomic E-state index is 0.112. The molecule has 1 aromatic rings. The number of esters is 2. The van der Waals surface area contributed by atoms with E-state index in [2.05, 4.69) is 51.3 Å². The van der Waals surface area contributed by atoms with Gasteiger partial charge in [0, 0.05) is 38.8 Å². The molecule has 53 heavy (non-hydrogen) atoms. The van der Waals surface area contributed by atoms with Gasteiger partial charge in [0.05, 0.1) is 0 Å². The van der Waals surface area contributed by atoms with Gasteiger partial charge in [-0.3, -0.25) is 9.59 Å². The number of aryl methyl sites for hydroxylation is 3. The van der Waals surface area contributed by atoms with E-state index in [-0.39, 0.29) is 18.5 Å². The molecular formula is C43H78BF4NO4. The van der Waals surface area contributed by atoms with Gasteiger partial charge >= 0.3 is 19.2 Å². The Bertz CT molecular complexity index is 1010. The number of carbonyl (C=O) groups is 2. The molecule has 0 spiro atoms. The number of halogens is 4. The zero-order valence-corrected chi connectivity index (χ0v) is 34.6. The van der Waals surface area contributed by atoms with Crippen molar-refractivity contribution >= 4 is 19.2 Å².